The third kappa shape index (κ3) is 6.57. The minimum absolute atomic E-state index is 0.0472. The Kier molecular flexibility index (Phi) is 9.22. The number of carbonyl (C=O) groups is 2. The Bertz CT molecular complexity index is 1140. The predicted molar refractivity (Wildman–Crippen MR) is 137 cm³/mol. The van der Waals surface area contributed by atoms with E-state index in [-0.39, 0.29) is 36.8 Å². The lowest BCUT2D eigenvalue weighted by Gasteiger charge is -2.37. The standard InChI is InChI=1S/C28H31FN2O4S/c1-34-16-5-14-30(27(33)20-35-19-21-6-3-2-4-7-21)18-26(32)31-15-12-25-24(13-17-36-25)28(31)22-8-10-23(29)11-9-22/h2-4,6-11,13,17,28H,5,12,14-16,18-20H2,1H3. The highest BCUT2D eigenvalue weighted by atomic mass is 32.1. The van der Waals surface area contributed by atoms with Crippen LogP contribution < -0.4 is 0 Å². The lowest BCUT2D eigenvalue weighted by molar-refractivity contribution is -0.144. The fraction of sp³-hybridized carbons (Fsp3) is 0.357. The van der Waals surface area contributed by atoms with E-state index in [4.69, 9.17) is 9.47 Å². The molecule has 0 saturated heterocycles. The lowest BCUT2D eigenvalue weighted by Crippen LogP contribution is -2.47. The number of thiophene rings is 1. The molecule has 6 nitrogen and oxygen atoms in total. The van der Waals surface area contributed by atoms with Crippen LogP contribution in [-0.2, 0) is 32.1 Å². The monoisotopic (exact) mass is 510 g/mol. The molecule has 2 heterocycles. The van der Waals surface area contributed by atoms with Crippen molar-refractivity contribution >= 4 is 23.2 Å². The predicted octanol–water partition coefficient (Wildman–Crippen LogP) is 4.44. The van der Waals surface area contributed by atoms with E-state index in [0.717, 1.165) is 23.1 Å². The van der Waals surface area contributed by atoms with Crippen molar-refractivity contribution in [3.63, 3.8) is 0 Å². The first-order valence-corrected chi connectivity index (χ1v) is 12.9. The van der Waals surface area contributed by atoms with Crippen molar-refractivity contribution in [2.24, 2.45) is 0 Å². The highest BCUT2D eigenvalue weighted by Gasteiger charge is 2.34. The molecule has 1 atom stereocenters. The molecule has 2 aromatic carbocycles. The molecule has 190 valence electrons. The fourth-order valence-corrected chi connectivity index (χ4v) is 5.36. The van der Waals surface area contributed by atoms with Crippen molar-refractivity contribution in [1.29, 1.82) is 0 Å². The van der Waals surface area contributed by atoms with Gasteiger partial charge < -0.3 is 19.3 Å². The molecule has 3 aromatic rings. The van der Waals surface area contributed by atoms with Gasteiger partial charge in [-0.15, -0.1) is 11.3 Å². The first-order chi connectivity index (χ1) is 17.6. The van der Waals surface area contributed by atoms with Crippen LogP contribution in [0.25, 0.3) is 0 Å². The number of methoxy groups -OCH3 is 1. The zero-order valence-corrected chi connectivity index (χ0v) is 21.2. The van der Waals surface area contributed by atoms with Gasteiger partial charge in [0.15, 0.2) is 0 Å². The summed E-state index contributed by atoms with van der Waals surface area (Å²) < 4.78 is 24.4. The van der Waals surface area contributed by atoms with E-state index < -0.39 is 0 Å². The van der Waals surface area contributed by atoms with Crippen LogP contribution in [0.4, 0.5) is 4.39 Å². The SMILES string of the molecule is COCCCN(CC(=O)N1CCc2sccc2C1c1ccc(F)cc1)C(=O)COCc1ccccc1. The Morgan fingerprint density at radius 1 is 1.11 bits per heavy atom. The smallest absolute Gasteiger partial charge is 0.249 e. The van der Waals surface area contributed by atoms with Crippen molar-refractivity contribution in [1.82, 2.24) is 9.80 Å². The molecule has 0 fully saturated rings. The summed E-state index contributed by atoms with van der Waals surface area (Å²) >= 11 is 1.67. The van der Waals surface area contributed by atoms with Crippen LogP contribution in [0.1, 0.15) is 34.0 Å². The normalized spacial score (nSPS) is 14.9. The van der Waals surface area contributed by atoms with E-state index in [2.05, 4.69) is 0 Å². The van der Waals surface area contributed by atoms with Gasteiger partial charge in [-0.1, -0.05) is 42.5 Å². The van der Waals surface area contributed by atoms with Crippen LogP contribution in [0, 0.1) is 5.82 Å². The molecule has 0 bridgehead atoms. The Morgan fingerprint density at radius 2 is 1.89 bits per heavy atom. The minimum atomic E-state index is -0.316. The van der Waals surface area contributed by atoms with E-state index in [9.17, 15) is 14.0 Å². The zero-order chi connectivity index (χ0) is 25.3. The van der Waals surface area contributed by atoms with E-state index in [1.54, 1.807) is 35.5 Å². The average Bonchev–Trinajstić information content (AvgIpc) is 3.38. The van der Waals surface area contributed by atoms with Gasteiger partial charge in [0.05, 0.1) is 19.2 Å². The molecule has 0 radical (unpaired) electrons. The number of amides is 2. The van der Waals surface area contributed by atoms with Gasteiger partial charge in [-0.3, -0.25) is 9.59 Å². The zero-order valence-electron chi connectivity index (χ0n) is 20.4. The molecule has 1 aromatic heterocycles. The summed E-state index contributed by atoms with van der Waals surface area (Å²) in [6.07, 6.45) is 1.37. The van der Waals surface area contributed by atoms with Crippen LogP contribution in [-0.4, -0.2) is 61.6 Å². The van der Waals surface area contributed by atoms with Gasteiger partial charge in [0.25, 0.3) is 0 Å². The summed E-state index contributed by atoms with van der Waals surface area (Å²) in [5.41, 5.74) is 2.90. The van der Waals surface area contributed by atoms with Crippen LogP contribution in [0.5, 0.6) is 0 Å². The third-order valence-corrected chi connectivity index (χ3v) is 7.26. The summed E-state index contributed by atoms with van der Waals surface area (Å²) in [5.74, 6) is -0.694. The molecule has 1 unspecified atom stereocenters. The van der Waals surface area contributed by atoms with Crippen LogP contribution in [0.15, 0.2) is 66.0 Å². The molecule has 0 N–H and O–H groups in total. The first kappa shape index (κ1) is 26.0. The summed E-state index contributed by atoms with van der Waals surface area (Å²) in [6.45, 7) is 1.60. The van der Waals surface area contributed by atoms with Gasteiger partial charge in [-0.05, 0) is 53.1 Å². The number of ether oxygens (including phenoxy) is 2. The molecule has 2 amide bonds. The minimum Gasteiger partial charge on any atom is -0.385 e. The van der Waals surface area contributed by atoms with Gasteiger partial charge in [-0.25, -0.2) is 4.39 Å². The van der Waals surface area contributed by atoms with Crippen molar-refractivity contribution in [3.05, 3.63) is 93.4 Å². The maximum atomic E-state index is 13.6. The number of hydrogen-bond donors (Lipinski definition) is 0. The Morgan fingerprint density at radius 3 is 2.64 bits per heavy atom. The largest absolute Gasteiger partial charge is 0.385 e. The number of benzene rings is 2. The van der Waals surface area contributed by atoms with Gasteiger partial charge >= 0.3 is 0 Å². The Labute approximate surface area is 215 Å². The van der Waals surface area contributed by atoms with Gasteiger partial charge in [0.1, 0.15) is 12.4 Å². The van der Waals surface area contributed by atoms with Crippen molar-refractivity contribution in [2.75, 3.05) is 40.0 Å². The number of halogens is 1. The van der Waals surface area contributed by atoms with Crippen molar-refractivity contribution in [2.45, 2.75) is 25.5 Å². The molecule has 0 aliphatic carbocycles. The highest BCUT2D eigenvalue weighted by Crippen LogP contribution is 2.37. The second-order valence-corrected chi connectivity index (χ2v) is 9.73. The summed E-state index contributed by atoms with van der Waals surface area (Å²) in [7, 11) is 1.61. The maximum Gasteiger partial charge on any atom is 0.249 e. The third-order valence-electron chi connectivity index (χ3n) is 6.26. The lowest BCUT2D eigenvalue weighted by atomic mass is 9.93. The number of fused-ring (bicyclic) bond motifs is 1. The highest BCUT2D eigenvalue weighted by molar-refractivity contribution is 7.10. The van der Waals surface area contributed by atoms with Crippen LogP contribution in [0.2, 0.25) is 0 Å². The van der Waals surface area contributed by atoms with E-state index in [1.807, 2.05) is 46.7 Å². The summed E-state index contributed by atoms with van der Waals surface area (Å²) in [4.78, 5) is 31.2. The quantitative estimate of drug-likeness (QED) is 0.358. The van der Waals surface area contributed by atoms with Gasteiger partial charge in [0, 0.05) is 31.7 Å². The van der Waals surface area contributed by atoms with Crippen LogP contribution in [0.3, 0.4) is 0 Å². The summed E-state index contributed by atoms with van der Waals surface area (Å²) in [6, 6.07) is 17.7. The molecule has 4 rings (SSSR count). The molecule has 36 heavy (non-hydrogen) atoms. The first-order valence-electron chi connectivity index (χ1n) is 12.1. The van der Waals surface area contributed by atoms with Crippen LogP contribution >= 0.6 is 11.3 Å². The molecule has 1 aliphatic heterocycles. The molecule has 0 spiro atoms. The fourth-order valence-electron chi connectivity index (χ4n) is 4.46. The molecule has 8 heteroatoms. The molecule has 1 aliphatic rings. The molecular weight excluding hydrogens is 479 g/mol. The Balaban J connectivity index is 1.46. The number of nitrogens with zero attached hydrogens (tertiary/aromatic N) is 2. The Hall–Kier alpha value is -3.07. The summed E-state index contributed by atoms with van der Waals surface area (Å²) in [5, 5.41) is 2.03. The number of hydrogen-bond acceptors (Lipinski definition) is 5. The molecule has 0 saturated carbocycles. The average molecular weight is 511 g/mol. The topological polar surface area (TPSA) is 59.1 Å². The molecular formula is C28H31FN2O4S. The number of rotatable bonds is 11. The second kappa shape index (κ2) is 12.8. The van der Waals surface area contributed by atoms with Gasteiger partial charge in [0.2, 0.25) is 11.8 Å². The van der Waals surface area contributed by atoms with E-state index in [0.29, 0.717) is 32.7 Å². The van der Waals surface area contributed by atoms with E-state index >= 15 is 0 Å². The van der Waals surface area contributed by atoms with Crippen molar-refractivity contribution < 1.29 is 23.5 Å². The second-order valence-electron chi connectivity index (χ2n) is 8.73. The maximum absolute atomic E-state index is 13.6. The number of carbonyl (C=O) groups excluding carboxylic acids is 2. The van der Waals surface area contributed by atoms with Gasteiger partial charge in [-0.2, -0.15) is 0 Å². The van der Waals surface area contributed by atoms with E-state index in [1.165, 1.54) is 17.0 Å². The van der Waals surface area contributed by atoms with Crippen molar-refractivity contribution in [3.8, 4) is 0 Å².